The van der Waals surface area contributed by atoms with E-state index in [2.05, 4.69) is 21.3 Å². The van der Waals surface area contributed by atoms with Crippen LogP contribution in [0.1, 0.15) is 0 Å². The van der Waals surface area contributed by atoms with Crippen LogP contribution in [0.3, 0.4) is 0 Å². The lowest BCUT2D eigenvalue weighted by Gasteiger charge is -2.30. The molecular formula is C13H29N5O3. The van der Waals surface area contributed by atoms with Crippen molar-refractivity contribution >= 4 is 5.91 Å². The maximum Gasteiger partial charge on any atom is 0.239 e. The number of hydrogen-bond acceptors (Lipinski definition) is 7. The van der Waals surface area contributed by atoms with Crippen molar-refractivity contribution in [3.8, 4) is 0 Å². The van der Waals surface area contributed by atoms with E-state index >= 15 is 0 Å². The van der Waals surface area contributed by atoms with E-state index in [-0.39, 0.29) is 25.7 Å². The Balaban J connectivity index is 2.51. The Kier molecular flexibility index (Phi) is 10.3. The van der Waals surface area contributed by atoms with Crippen molar-refractivity contribution in [1.82, 2.24) is 26.2 Å². The third kappa shape index (κ3) is 7.70. The average molecular weight is 303 g/mol. The third-order valence-electron chi connectivity index (χ3n) is 3.44. The molecule has 21 heavy (non-hydrogen) atoms. The molecule has 1 heterocycles. The molecule has 1 amide bonds. The highest BCUT2D eigenvalue weighted by atomic mass is 16.3. The number of carbonyl (C=O) groups is 1. The summed E-state index contributed by atoms with van der Waals surface area (Å²) in [7, 11) is 0. The topological polar surface area (TPSA) is 109 Å². The number of nitrogens with one attached hydrogen (secondary N) is 4. The number of hydrogen-bond donors (Lipinski definition) is 6. The first-order valence-corrected chi connectivity index (χ1v) is 7.65. The molecular weight excluding hydrogens is 274 g/mol. The van der Waals surface area contributed by atoms with E-state index in [0.29, 0.717) is 13.1 Å². The molecule has 1 aliphatic heterocycles. The number of nitrogens with zero attached hydrogens (tertiary/aromatic N) is 1. The van der Waals surface area contributed by atoms with Gasteiger partial charge in [-0.05, 0) is 0 Å². The summed E-state index contributed by atoms with van der Waals surface area (Å²) >= 11 is 0. The Morgan fingerprint density at radius 1 is 1.00 bits per heavy atom. The maximum absolute atomic E-state index is 12.0. The van der Waals surface area contributed by atoms with E-state index in [4.69, 9.17) is 5.11 Å². The van der Waals surface area contributed by atoms with Crippen LogP contribution in [0.2, 0.25) is 0 Å². The van der Waals surface area contributed by atoms with Gasteiger partial charge in [-0.1, -0.05) is 0 Å². The Labute approximate surface area is 126 Å². The van der Waals surface area contributed by atoms with E-state index in [1.807, 2.05) is 4.90 Å². The van der Waals surface area contributed by atoms with Crippen molar-refractivity contribution in [1.29, 1.82) is 0 Å². The monoisotopic (exact) mass is 303 g/mol. The molecule has 1 unspecified atom stereocenters. The highest BCUT2D eigenvalue weighted by molar-refractivity contribution is 5.81. The number of amides is 1. The predicted molar refractivity (Wildman–Crippen MR) is 81.2 cm³/mol. The number of rotatable bonds is 5. The average Bonchev–Trinajstić information content (AvgIpc) is 2.48. The first-order chi connectivity index (χ1) is 10.3. The third-order valence-corrected chi connectivity index (χ3v) is 3.44. The molecule has 1 fully saturated rings. The van der Waals surface area contributed by atoms with Crippen LogP contribution in [0.25, 0.3) is 0 Å². The summed E-state index contributed by atoms with van der Waals surface area (Å²) in [5.74, 6) is -0.236. The van der Waals surface area contributed by atoms with Crippen LogP contribution in [-0.2, 0) is 4.79 Å². The van der Waals surface area contributed by atoms with Gasteiger partial charge in [-0.25, -0.2) is 0 Å². The van der Waals surface area contributed by atoms with Crippen LogP contribution in [-0.4, -0.2) is 99.2 Å². The summed E-state index contributed by atoms with van der Waals surface area (Å²) in [6, 6.07) is -0.568. The fourth-order valence-electron chi connectivity index (χ4n) is 2.26. The van der Waals surface area contributed by atoms with Gasteiger partial charge in [0.15, 0.2) is 0 Å². The predicted octanol–water partition coefficient (Wildman–Crippen LogP) is -3.46. The van der Waals surface area contributed by atoms with E-state index in [1.54, 1.807) is 0 Å². The lowest BCUT2D eigenvalue weighted by molar-refractivity contribution is -0.128. The largest absolute Gasteiger partial charge is 0.395 e. The molecule has 0 saturated carbocycles. The van der Waals surface area contributed by atoms with Crippen molar-refractivity contribution in [3.05, 3.63) is 0 Å². The molecule has 8 nitrogen and oxygen atoms in total. The van der Waals surface area contributed by atoms with Gasteiger partial charge in [-0.3, -0.25) is 9.69 Å². The number of aliphatic hydroxyl groups is 2. The fraction of sp³-hybridized carbons (Fsp3) is 0.923. The van der Waals surface area contributed by atoms with Gasteiger partial charge >= 0.3 is 0 Å². The van der Waals surface area contributed by atoms with E-state index in [0.717, 1.165) is 39.3 Å². The molecule has 1 rings (SSSR count). The van der Waals surface area contributed by atoms with Gasteiger partial charge in [-0.2, -0.15) is 0 Å². The van der Waals surface area contributed by atoms with Gasteiger partial charge in [0.05, 0.1) is 13.2 Å². The summed E-state index contributed by atoms with van der Waals surface area (Å²) < 4.78 is 0. The van der Waals surface area contributed by atoms with Crippen LogP contribution in [0.5, 0.6) is 0 Å². The van der Waals surface area contributed by atoms with Crippen molar-refractivity contribution in [2.75, 3.05) is 72.1 Å². The van der Waals surface area contributed by atoms with Gasteiger partial charge in [0.2, 0.25) is 5.91 Å². The second-order valence-electron chi connectivity index (χ2n) is 5.00. The summed E-state index contributed by atoms with van der Waals surface area (Å²) in [6.45, 7) is 6.42. The van der Waals surface area contributed by atoms with Gasteiger partial charge in [-0.15, -0.1) is 0 Å². The fourth-order valence-corrected chi connectivity index (χ4v) is 2.26. The molecule has 0 bridgehead atoms. The smallest absolute Gasteiger partial charge is 0.239 e. The summed E-state index contributed by atoms with van der Waals surface area (Å²) in [4.78, 5) is 14.0. The second kappa shape index (κ2) is 11.8. The number of aliphatic hydroxyl groups excluding tert-OH is 2. The van der Waals surface area contributed by atoms with Gasteiger partial charge in [0.25, 0.3) is 0 Å². The molecule has 6 N–H and O–H groups in total. The van der Waals surface area contributed by atoms with Crippen molar-refractivity contribution in [2.45, 2.75) is 6.04 Å². The highest BCUT2D eigenvalue weighted by Gasteiger charge is 2.24. The van der Waals surface area contributed by atoms with Gasteiger partial charge in [0.1, 0.15) is 6.04 Å². The molecule has 0 aromatic carbocycles. The van der Waals surface area contributed by atoms with E-state index < -0.39 is 6.04 Å². The van der Waals surface area contributed by atoms with Gasteiger partial charge in [0, 0.05) is 58.9 Å². The molecule has 0 aromatic heterocycles. The zero-order valence-corrected chi connectivity index (χ0v) is 12.6. The van der Waals surface area contributed by atoms with Crippen LogP contribution >= 0.6 is 0 Å². The van der Waals surface area contributed by atoms with E-state index in [9.17, 15) is 9.90 Å². The van der Waals surface area contributed by atoms with Crippen LogP contribution in [0.4, 0.5) is 0 Å². The van der Waals surface area contributed by atoms with Crippen molar-refractivity contribution < 1.29 is 15.0 Å². The molecule has 1 aliphatic rings. The lowest BCUT2D eigenvalue weighted by Crippen LogP contribution is -2.53. The minimum atomic E-state index is -0.568. The highest BCUT2D eigenvalue weighted by Crippen LogP contribution is 1.99. The molecule has 1 atom stereocenters. The Hall–Kier alpha value is -0.770. The van der Waals surface area contributed by atoms with Crippen LogP contribution in [0, 0.1) is 0 Å². The summed E-state index contributed by atoms with van der Waals surface area (Å²) in [6.07, 6.45) is 0. The van der Waals surface area contributed by atoms with Crippen molar-refractivity contribution in [3.63, 3.8) is 0 Å². The van der Waals surface area contributed by atoms with Crippen LogP contribution < -0.4 is 21.3 Å². The lowest BCUT2D eigenvalue weighted by atomic mass is 10.2. The molecule has 124 valence electrons. The quantitative estimate of drug-likeness (QED) is 0.313. The molecule has 1 saturated heterocycles. The zero-order chi connectivity index (χ0) is 15.3. The van der Waals surface area contributed by atoms with E-state index in [1.165, 1.54) is 0 Å². The maximum atomic E-state index is 12.0. The van der Waals surface area contributed by atoms with Crippen LogP contribution in [0.15, 0.2) is 0 Å². The first-order valence-electron chi connectivity index (χ1n) is 7.65. The van der Waals surface area contributed by atoms with Crippen molar-refractivity contribution in [2.24, 2.45) is 0 Å². The minimum absolute atomic E-state index is 0.0972. The standard InChI is InChI=1S/C13H29N5O3/c19-10-7-17-13(21)12(11-20)18-8-5-15-3-1-14-2-4-16-6-9-18/h12,14-16,19-20H,1-11H2,(H,17,21). The zero-order valence-electron chi connectivity index (χ0n) is 12.6. The number of carbonyl (C=O) groups excluding carboxylic acids is 1. The molecule has 0 radical (unpaired) electrons. The normalized spacial score (nSPS) is 21.0. The second-order valence-corrected chi connectivity index (χ2v) is 5.00. The van der Waals surface area contributed by atoms with Gasteiger partial charge < -0.3 is 31.5 Å². The molecule has 0 aliphatic carbocycles. The Bertz CT molecular complexity index is 269. The Morgan fingerprint density at radius 3 is 2.00 bits per heavy atom. The summed E-state index contributed by atoms with van der Waals surface area (Å²) in [5, 5.41) is 30.9. The Morgan fingerprint density at radius 2 is 1.52 bits per heavy atom. The molecule has 0 spiro atoms. The SMILES string of the molecule is O=C(NCCO)C(CO)N1CCNCCNCCNCC1. The molecule has 0 aromatic rings. The minimum Gasteiger partial charge on any atom is -0.395 e. The molecule has 8 heteroatoms. The first kappa shape index (κ1) is 18.3. The summed E-state index contributed by atoms with van der Waals surface area (Å²) in [5.41, 5.74) is 0.